The summed E-state index contributed by atoms with van der Waals surface area (Å²) in [6, 6.07) is 4.77. The van der Waals surface area contributed by atoms with Gasteiger partial charge in [0.1, 0.15) is 0 Å². The molecule has 0 aliphatic carbocycles. The molecule has 2 rings (SSSR count). The Bertz CT molecular complexity index is 1010. The summed E-state index contributed by atoms with van der Waals surface area (Å²) in [6.45, 7) is 0. The summed E-state index contributed by atoms with van der Waals surface area (Å²) in [6.07, 6.45) is -11.7. The zero-order chi connectivity index (χ0) is 25.1. The molecular weight excluding hydrogens is 484 g/mol. The topological polar surface area (TPSA) is 149 Å². The van der Waals surface area contributed by atoms with Gasteiger partial charge in [-0.25, -0.2) is 0 Å². The Morgan fingerprint density at radius 3 is 0.941 bits per heavy atom. The van der Waals surface area contributed by atoms with Gasteiger partial charge in [0.2, 0.25) is 0 Å². The third-order valence-corrected chi connectivity index (χ3v) is 3.02. The van der Waals surface area contributed by atoms with Gasteiger partial charge in [0.25, 0.3) is 0 Å². The van der Waals surface area contributed by atoms with E-state index in [1.807, 2.05) is 0 Å². The first-order valence-electron chi connectivity index (χ1n) is 7.07. The van der Waals surface area contributed by atoms with Gasteiger partial charge in [0.15, 0.2) is 0 Å². The van der Waals surface area contributed by atoms with Crippen LogP contribution in [0.1, 0.15) is 34.4 Å². The second-order valence-corrected chi connectivity index (χ2v) is 5.08. The quantitative estimate of drug-likeness (QED) is 0.321. The first kappa shape index (κ1) is 33.1. The molecule has 8 nitrogen and oxygen atoms in total. The van der Waals surface area contributed by atoms with Crippen molar-refractivity contribution in [3.8, 4) is 24.3 Å². The number of hydrogen-bond acceptors (Lipinski definition) is 6. The van der Waals surface area contributed by atoms with E-state index in [4.69, 9.17) is 21.0 Å². The average Bonchev–Trinajstić information content (AvgIpc) is 3.30. The van der Waals surface area contributed by atoms with Crippen molar-refractivity contribution < 1.29 is 81.6 Å². The summed E-state index contributed by atoms with van der Waals surface area (Å²) in [4.78, 5) is 10.7. The van der Waals surface area contributed by atoms with Crippen molar-refractivity contribution in [1.29, 1.82) is 21.0 Å². The van der Waals surface area contributed by atoms with Crippen molar-refractivity contribution >= 4 is 0 Å². The summed E-state index contributed by atoms with van der Waals surface area (Å²) in [5.74, 6) is -14.4. The summed E-state index contributed by atoms with van der Waals surface area (Å²) < 4.78 is 122. The van der Waals surface area contributed by atoms with E-state index in [9.17, 15) is 43.9 Å². The molecule has 0 spiro atoms. The van der Waals surface area contributed by atoms with Gasteiger partial charge >= 0.3 is 61.9 Å². The van der Waals surface area contributed by atoms with Crippen molar-refractivity contribution in [2.45, 2.75) is 24.2 Å². The largest absolute Gasteiger partial charge is 1.00 e. The Morgan fingerprint density at radius 1 is 0.529 bits per heavy atom. The van der Waals surface area contributed by atoms with Gasteiger partial charge in [-0.2, -0.15) is 65.0 Å². The number of rotatable bonds is 2. The molecule has 0 amide bonds. The Morgan fingerprint density at radius 2 is 0.794 bits per heavy atom. The van der Waals surface area contributed by atoms with Gasteiger partial charge in [0.05, 0.1) is 47.1 Å². The smallest absolute Gasteiger partial charge is 0.425 e. The van der Waals surface area contributed by atoms with Crippen LogP contribution >= 0.6 is 0 Å². The summed E-state index contributed by atoms with van der Waals surface area (Å²) in [7, 11) is 0. The number of alkyl halides is 10. The van der Waals surface area contributed by atoms with E-state index in [-0.39, 0.29) is 37.7 Å². The molecule has 20 heteroatoms. The first-order valence-corrected chi connectivity index (χ1v) is 7.07. The number of imidazole rings is 2. The van der Waals surface area contributed by atoms with E-state index in [0.717, 1.165) is 0 Å². The SMILES string of the molecule is N#Cc1nc(C(F)(F)C(F)(F)F)[n-]c1C#N.N#Cc1nc(C(F)(F)C(F)(F)F)[n-]c1C#N.[Li+].[Li+]. The monoisotopic (exact) mass is 484 g/mol. The van der Waals surface area contributed by atoms with Crippen LogP contribution in [0.4, 0.5) is 43.9 Å². The summed E-state index contributed by atoms with van der Waals surface area (Å²) in [5.41, 5.74) is -3.44. The van der Waals surface area contributed by atoms with Gasteiger partial charge in [-0.3, -0.25) is 0 Å². The fourth-order valence-electron chi connectivity index (χ4n) is 1.53. The van der Waals surface area contributed by atoms with E-state index < -0.39 is 58.6 Å². The fourth-order valence-corrected chi connectivity index (χ4v) is 1.53. The van der Waals surface area contributed by atoms with E-state index in [1.54, 1.807) is 0 Å². The van der Waals surface area contributed by atoms with Crippen molar-refractivity contribution in [1.82, 2.24) is 19.9 Å². The van der Waals surface area contributed by atoms with Crippen molar-refractivity contribution in [2.24, 2.45) is 0 Å². The van der Waals surface area contributed by atoms with Crippen LogP contribution in [0.25, 0.3) is 0 Å². The molecule has 2 heterocycles. The maximum absolute atomic E-state index is 12.7. The van der Waals surface area contributed by atoms with Gasteiger partial charge in [-0.05, 0) is 11.6 Å². The standard InChI is InChI=1S/2C7F5N4.2Li/c2*8-6(9,7(10,11)12)5-15-3(1-13)4(2-14)16-5;;/q2*-1;2*+1. The maximum Gasteiger partial charge on any atom is 1.00 e. The molecule has 168 valence electrons. The van der Waals surface area contributed by atoms with Crippen LogP contribution in [-0.4, -0.2) is 22.3 Å². The van der Waals surface area contributed by atoms with E-state index in [0.29, 0.717) is 0 Å². The predicted octanol–water partition coefficient (Wildman–Crippen LogP) is -3.12. The maximum atomic E-state index is 12.7. The van der Waals surface area contributed by atoms with Gasteiger partial charge in [0, 0.05) is 0 Å². The molecule has 0 fully saturated rings. The second-order valence-electron chi connectivity index (χ2n) is 5.08. The van der Waals surface area contributed by atoms with Gasteiger partial charge < -0.3 is 19.9 Å². The van der Waals surface area contributed by atoms with Crippen molar-refractivity contribution in [3.05, 3.63) is 34.4 Å². The Balaban J connectivity index is 0. The zero-order valence-corrected chi connectivity index (χ0v) is 16.4. The minimum atomic E-state index is -5.87. The molecule has 0 saturated heterocycles. The average molecular weight is 484 g/mol. The molecule has 0 aliphatic heterocycles. The van der Waals surface area contributed by atoms with Crippen LogP contribution in [0, 0.1) is 45.3 Å². The van der Waals surface area contributed by atoms with Crippen LogP contribution in [-0.2, 0) is 11.8 Å². The third-order valence-electron chi connectivity index (χ3n) is 3.02. The van der Waals surface area contributed by atoms with Crippen molar-refractivity contribution in [2.75, 3.05) is 0 Å². The predicted molar refractivity (Wildman–Crippen MR) is 73.9 cm³/mol. The normalized spacial score (nSPS) is 11.2. The number of nitrogens with zero attached hydrogens (tertiary/aromatic N) is 8. The fraction of sp³-hybridized carbons (Fsp3) is 0.286. The number of hydrogen-bond donors (Lipinski definition) is 0. The number of halogens is 10. The molecule has 0 radical (unpaired) electrons. The Kier molecular flexibility index (Phi) is 11.0. The molecule has 0 aliphatic rings. The summed E-state index contributed by atoms with van der Waals surface area (Å²) in [5, 5.41) is 33.2. The van der Waals surface area contributed by atoms with E-state index in [1.165, 1.54) is 24.3 Å². The van der Waals surface area contributed by atoms with Crippen LogP contribution in [0.5, 0.6) is 0 Å². The second kappa shape index (κ2) is 11.3. The molecule has 0 N–H and O–H groups in total. The Labute approximate surface area is 205 Å². The van der Waals surface area contributed by atoms with E-state index in [2.05, 4.69) is 19.9 Å². The molecule has 0 atom stereocenters. The third kappa shape index (κ3) is 6.47. The van der Waals surface area contributed by atoms with Gasteiger partial charge in [-0.15, -0.1) is 0 Å². The first-order chi connectivity index (χ1) is 14.5. The van der Waals surface area contributed by atoms with E-state index >= 15 is 0 Å². The van der Waals surface area contributed by atoms with Crippen LogP contribution < -0.4 is 47.7 Å². The summed E-state index contributed by atoms with van der Waals surface area (Å²) >= 11 is 0. The number of nitriles is 4. The Hall–Kier alpha value is -3.13. The minimum Gasteiger partial charge on any atom is -0.425 e. The molecule has 0 unspecified atom stereocenters. The minimum absolute atomic E-state index is 0. The van der Waals surface area contributed by atoms with Crippen LogP contribution in [0.3, 0.4) is 0 Å². The molecule has 2 aromatic heterocycles. The van der Waals surface area contributed by atoms with Gasteiger partial charge in [-0.1, -0.05) is 0 Å². The van der Waals surface area contributed by atoms with Crippen LogP contribution in [0.2, 0.25) is 0 Å². The molecule has 2 aromatic rings. The zero-order valence-electron chi connectivity index (χ0n) is 16.4. The molecule has 0 bridgehead atoms. The molecule has 0 saturated carbocycles. The molecule has 0 aromatic carbocycles. The van der Waals surface area contributed by atoms with Crippen LogP contribution in [0.15, 0.2) is 0 Å². The molecular formula is C14F10Li2N8. The molecule has 34 heavy (non-hydrogen) atoms. The van der Waals surface area contributed by atoms with Crippen molar-refractivity contribution in [3.63, 3.8) is 0 Å². The number of aromatic nitrogens is 4.